The molecular formula is C18H25FN4O2. The van der Waals surface area contributed by atoms with Crippen LogP contribution in [-0.2, 0) is 6.54 Å². The van der Waals surface area contributed by atoms with Crippen LogP contribution in [0.1, 0.15) is 24.5 Å². The minimum Gasteiger partial charge on any atom is -0.491 e. The molecule has 2 atom stereocenters. The minimum atomic E-state index is -0.593. The Balaban J connectivity index is 1.50. The van der Waals surface area contributed by atoms with Gasteiger partial charge in [0.05, 0.1) is 6.54 Å². The average molecular weight is 348 g/mol. The molecule has 0 saturated carbocycles. The van der Waals surface area contributed by atoms with E-state index >= 15 is 0 Å². The van der Waals surface area contributed by atoms with Crippen LogP contribution in [0, 0.1) is 19.7 Å². The van der Waals surface area contributed by atoms with Crippen LogP contribution in [-0.4, -0.2) is 56.6 Å². The zero-order chi connectivity index (χ0) is 17.8. The fourth-order valence-electron chi connectivity index (χ4n) is 3.32. The third-order valence-electron chi connectivity index (χ3n) is 4.55. The number of aliphatic hydroxyl groups excluding tert-OH is 1. The lowest BCUT2D eigenvalue weighted by Crippen LogP contribution is -2.40. The van der Waals surface area contributed by atoms with Crippen molar-refractivity contribution < 1.29 is 14.2 Å². The molecule has 1 aliphatic heterocycles. The summed E-state index contributed by atoms with van der Waals surface area (Å²) in [7, 11) is 0. The number of likely N-dealkylation sites (tertiary alicyclic amines) is 1. The molecular weight excluding hydrogens is 323 g/mol. The van der Waals surface area contributed by atoms with Gasteiger partial charge in [-0.05, 0) is 57.5 Å². The van der Waals surface area contributed by atoms with Crippen LogP contribution in [0.3, 0.4) is 0 Å². The molecule has 0 unspecified atom stereocenters. The molecule has 7 heteroatoms. The smallest absolute Gasteiger partial charge is 0.147 e. The van der Waals surface area contributed by atoms with Crippen molar-refractivity contribution in [2.24, 2.45) is 0 Å². The number of rotatable bonds is 7. The predicted octanol–water partition coefficient (Wildman–Crippen LogP) is 1.94. The molecule has 1 aliphatic rings. The Hall–Kier alpha value is -1.99. The van der Waals surface area contributed by atoms with Crippen LogP contribution in [0.25, 0.3) is 0 Å². The molecule has 25 heavy (non-hydrogen) atoms. The van der Waals surface area contributed by atoms with Gasteiger partial charge in [-0.1, -0.05) is 0 Å². The Morgan fingerprint density at radius 2 is 2.08 bits per heavy atom. The lowest BCUT2D eigenvalue weighted by molar-refractivity contribution is 0.0608. The molecule has 136 valence electrons. The number of hydrogen-bond acceptors (Lipinski definition) is 5. The van der Waals surface area contributed by atoms with Crippen molar-refractivity contribution in [3.05, 3.63) is 41.7 Å². The number of benzene rings is 1. The van der Waals surface area contributed by atoms with Crippen LogP contribution >= 0.6 is 0 Å². The molecule has 0 bridgehead atoms. The lowest BCUT2D eigenvalue weighted by atomic mass is 10.2. The highest BCUT2D eigenvalue weighted by atomic mass is 19.1. The number of hydrogen-bond donors (Lipinski definition) is 1. The van der Waals surface area contributed by atoms with Crippen molar-refractivity contribution in [3.8, 4) is 5.75 Å². The van der Waals surface area contributed by atoms with E-state index in [-0.39, 0.29) is 12.4 Å². The first-order valence-corrected chi connectivity index (χ1v) is 8.70. The Labute approximate surface area is 147 Å². The Bertz CT molecular complexity index is 689. The van der Waals surface area contributed by atoms with Gasteiger partial charge in [-0.3, -0.25) is 4.90 Å². The van der Waals surface area contributed by atoms with Gasteiger partial charge in [-0.2, -0.15) is 5.10 Å². The fourth-order valence-corrected chi connectivity index (χ4v) is 3.32. The lowest BCUT2D eigenvalue weighted by Gasteiger charge is -2.27. The van der Waals surface area contributed by atoms with E-state index in [1.165, 1.54) is 12.1 Å². The second-order valence-corrected chi connectivity index (χ2v) is 6.60. The van der Waals surface area contributed by atoms with Gasteiger partial charge in [-0.15, -0.1) is 0 Å². The van der Waals surface area contributed by atoms with Gasteiger partial charge >= 0.3 is 0 Å². The fraction of sp³-hybridized carbons (Fsp3) is 0.556. The second-order valence-electron chi connectivity index (χ2n) is 6.60. The summed E-state index contributed by atoms with van der Waals surface area (Å²) in [6, 6.07) is 6.18. The maximum absolute atomic E-state index is 12.9. The average Bonchev–Trinajstić information content (AvgIpc) is 3.13. The molecule has 1 saturated heterocycles. The van der Waals surface area contributed by atoms with Gasteiger partial charge in [-0.25, -0.2) is 14.1 Å². The van der Waals surface area contributed by atoms with Gasteiger partial charge in [0.2, 0.25) is 0 Å². The van der Waals surface area contributed by atoms with Crippen LogP contribution in [0.5, 0.6) is 5.75 Å². The molecule has 1 fully saturated rings. The molecule has 0 aliphatic carbocycles. The standard InChI is InChI=1S/C18H25FN4O2/c1-13-20-14(2)23(21-13)10-16-4-3-9-22(16)11-17(24)12-25-18-7-5-15(19)6-8-18/h5-8,16-17,24H,3-4,9-12H2,1-2H3/t16-,17+/m0/s1. The van der Waals surface area contributed by atoms with Crippen molar-refractivity contribution in [2.75, 3.05) is 19.7 Å². The van der Waals surface area contributed by atoms with Gasteiger partial charge in [0.15, 0.2) is 0 Å². The Morgan fingerprint density at radius 3 is 2.76 bits per heavy atom. The van der Waals surface area contributed by atoms with Crippen LogP contribution in [0.4, 0.5) is 4.39 Å². The van der Waals surface area contributed by atoms with Crippen LogP contribution in [0.2, 0.25) is 0 Å². The first-order chi connectivity index (χ1) is 12.0. The second kappa shape index (κ2) is 7.93. The summed E-state index contributed by atoms with van der Waals surface area (Å²) < 4.78 is 20.4. The largest absolute Gasteiger partial charge is 0.491 e. The van der Waals surface area contributed by atoms with Crippen LogP contribution < -0.4 is 4.74 Å². The summed E-state index contributed by atoms with van der Waals surface area (Å²) in [5, 5.41) is 14.7. The molecule has 6 nitrogen and oxygen atoms in total. The molecule has 2 heterocycles. The zero-order valence-corrected chi connectivity index (χ0v) is 14.7. The first-order valence-electron chi connectivity index (χ1n) is 8.70. The molecule has 1 aromatic heterocycles. The molecule has 0 amide bonds. The highest BCUT2D eigenvalue weighted by molar-refractivity contribution is 5.22. The number of aryl methyl sites for hydroxylation is 2. The highest BCUT2D eigenvalue weighted by Crippen LogP contribution is 2.20. The third kappa shape index (κ3) is 4.76. The summed E-state index contributed by atoms with van der Waals surface area (Å²) in [4.78, 5) is 6.63. The van der Waals surface area contributed by atoms with Crippen molar-refractivity contribution in [2.45, 2.75) is 45.4 Å². The molecule has 2 aromatic rings. The van der Waals surface area contributed by atoms with E-state index in [1.807, 2.05) is 18.5 Å². The Kier molecular flexibility index (Phi) is 5.65. The van der Waals surface area contributed by atoms with Crippen molar-refractivity contribution in [3.63, 3.8) is 0 Å². The number of ether oxygens (including phenoxy) is 1. The Morgan fingerprint density at radius 1 is 1.32 bits per heavy atom. The first kappa shape index (κ1) is 17.8. The number of halogens is 1. The van der Waals surface area contributed by atoms with E-state index in [1.54, 1.807) is 12.1 Å². The van der Waals surface area contributed by atoms with E-state index in [4.69, 9.17) is 4.74 Å². The van der Waals surface area contributed by atoms with E-state index < -0.39 is 6.10 Å². The maximum atomic E-state index is 12.9. The maximum Gasteiger partial charge on any atom is 0.147 e. The molecule has 1 N–H and O–H groups in total. The highest BCUT2D eigenvalue weighted by Gasteiger charge is 2.27. The van der Waals surface area contributed by atoms with Gasteiger partial charge in [0, 0.05) is 12.6 Å². The van der Waals surface area contributed by atoms with Gasteiger partial charge in [0.1, 0.15) is 35.9 Å². The third-order valence-corrected chi connectivity index (χ3v) is 4.55. The SMILES string of the molecule is Cc1nc(C)n(C[C@@H]2CCCN2C[C@@H](O)COc2ccc(F)cc2)n1. The van der Waals surface area contributed by atoms with Crippen LogP contribution in [0.15, 0.2) is 24.3 Å². The molecule has 3 rings (SSSR count). The van der Waals surface area contributed by atoms with E-state index in [0.717, 1.165) is 37.6 Å². The van der Waals surface area contributed by atoms with Gasteiger partial charge in [0.25, 0.3) is 0 Å². The van der Waals surface area contributed by atoms with Crippen molar-refractivity contribution in [1.29, 1.82) is 0 Å². The minimum absolute atomic E-state index is 0.191. The monoisotopic (exact) mass is 348 g/mol. The quantitative estimate of drug-likeness (QED) is 0.828. The number of aromatic nitrogens is 3. The van der Waals surface area contributed by atoms with Crippen molar-refractivity contribution >= 4 is 0 Å². The van der Waals surface area contributed by atoms with Crippen molar-refractivity contribution in [1.82, 2.24) is 19.7 Å². The van der Waals surface area contributed by atoms with E-state index in [0.29, 0.717) is 18.3 Å². The molecule has 0 spiro atoms. The summed E-state index contributed by atoms with van der Waals surface area (Å²) in [5.41, 5.74) is 0. The van der Waals surface area contributed by atoms with E-state index in [2.05, 4.69) is 15.0 Å². The summed E-state index contributed by atoms with van der Waals surface area (Å²) in [5.74, 6) is 1.97. The summed E-state index contributed by atoms with van der Waals surface area (Å²) >= 11 is 0. The zero-order valence-electron chi connectivity index (χ0n) is 14.7. The normalized spacial score (nSPS) is 19.3. The summed E-state index contributed by atoms with van der Waals surface area (Å²) in [6.07, 6.45) is 1.61. The number of nitrogens with zero attached hydrogens (tertiary/aromatic N) is 4. The van der Waals surface area contributed by atoms with Gasteiger partial charge < -0.3 is 9.84 Å². The molecule has 0 radical (unpaired) electrons. The predicted molar refractivity (Wildman–Crippen MR) is 92.0 cm³/mol. The number of aliphatic hydroxyl groups is 1. The summed E-state index contributed by atoms with van der Waals surface area (Å²) in [6.45, 7) is 6.36. The van der Waals surface area contributed by atoms with E-state index in [9.17, 15) is 9.50 Å². The number of β-amino-alcohol motifs (C(OH)–C–C–N with tert-alkyl or cyclic N) is 1. The topological polar surface area (TPSA) is 63.4 Å². The molecule has 1 aromatic carbocycles.